The normalized spacial score (nSPS) is 25.0. The molecule has 0 aliphatic carbocycles. The molecule has 1 saturated heterocycles. The van der Waals surface area contributed by atoms with E-state index in [4.69, 9.17) is 4.42 Å². The van der Waals surface area contributed by atoms with E-state index in [1.807, 2.05) is 6.92 Å². The van der Waals surface area contributed by atoms with Crippen molar-refractivity contribution in [2.75, 3.05) is 13.1 Å². The molecule has 2 heterocycles. The third-order valence-corrected chi connectivity index (χ3v) is 6.80. The minimum Gasteiger partial charge on any atom is -0.424 e. The quantitative estimate of drug-likeness (QED) is 0.847. The zero-order valence-electron chi connectivity index (χ0n) is 14.6. The highest BCUT2D eigenvalue weighted by atomic mass is 32.2. The molecule has 1 aromatic rings. The first-order valence-corrected chi connectivity index (χ1v) is 9.81. The molecule has 2 rings (SSSR count). The lowest BCUT2D eigenvalue weighted by molar-refractivity contribution is 0.186. The first-order valence-electron chi connectivity index (χ1n) is 8.30. The van der Waals surface area contributed by atoms with E-state index >= 15 is 0 Å². The number of hydrogen-bond donors (Lipinski definition) is 1. The van der Waals surface area contributed by atoms with Gasteiger partial charge in [-0.2, -0.15) is 0 Å². The molecule has 1 fully saturated rings. The van der Waals surface area contributed by atoms with Gasteiger partial charge in [0.15, 0.2) is 0 Å². The van der Waals surface area contributed by atoms with Crippen molar-refractivity contribution in [2.24, 2.45) is 5.92 Å². The summed E-state index contributed by atoms with van der Waals surface area (Å²) in [5.74, 6) is 1.41. The second-order valence-corrected chi connectivity index (χ2v) is 9.05. The fraction of sp³-hybridized carbons (Fsp3) is 0.867. The van der Waals surface area contributed by atoms with E-state index in [0.717, 1.165) is 12.8 Å². The molecule has 1 aromatic heterocycles. The number of hydrogen-bond acceptors (Lipinski definition) is 6. The summed E-state index contributed by atoms with van der Waals surface area (Å²) in [7, 11) is -3.18. The van der Waals surface area contributed by atoms with Crippen LogP contribution in [0.25, 0.3) is 0 Å². The highest BCUT2D eigenvalue weighted by Crippen LogP contribution is 2.26. The summed E-state index contributed by atoms with van der Waals surface area (Å²) in [5.41, 5.74) is 0. The van der Waals surface area contributed by atoms with E-state index < -0.39 is 10.0 Å². The molecule has 3 atom stereocenters. The van der Waals surface area contributed by atoms with Crippen LogP contribution in [0.15, 0.2) is 4.42 Å². The third-order valence-electron chi connectivity index (χ3n) is 4.55. The minimum atomic E-state index is -3.18. The van der Waals surface area contributed by atoms with Gasteiger partial charge < -0.3 is 9.73 Å². The highest BCUT2D eigenvalue weighted by molar-refractivity contribution is 7.89. The van der Waals surface area contributed by atoms with Crippen molar-refractivity contribution in [2.45, 2.75) is 64.8 Å². The van der Waals surface area contributed by atoms with Gasteiger partial charge in [0.25, 0.3) is 0 Å². The van der Waals surface area contributed by atoms with Crippen molar-refractivity contribution in [3.05, 3.63) is 11.8 Å². The number of aromatic nitrogens is 2. The maximum absolute atomic E-state index is 12.4. The molecular weight excluding hydrogens is 316 g/mol. The molecule has 132 valence electrons. The van der Waals surface area contributed by atoms with Crippen LogP contribution < -0.4 is 5.32 Å². The monoisotopic (exact) mass is 344 g/mol. The summed E-state index contributed by atoms with van der Waals surface area (Å²) < 4.78 is 31.9. The maximum atomic E-state index is 12.4. The number of nitrogens with one attached hydrogen (secondary N) is 1. The molecule has 23 heavy (non-hydrogen) atoms. The van der Waals surface area contributed by atoms with Gasteiger partial charge in [-0.15, -0.1) is 10.2 Å². The Balaban J connectivity index is 2.02. The molecule has 0 aromatic carbocycles. The lowest BCUT2D eigenvalue weighted by Gasteiger charge is -2.39. The largest absolute Gasteiger partial charge is 0.424 e. The van der Waals surface area contributed by atoms with Crippen LogP contribution in [-0.2, 0) is 10.0 Å². The maximum Gasteiger partial charge on any atom is 0.233 e. The molecule has 1 N–H and O–H groups in total. The Morgan fingerprint density at radius 3 is 2.57 bits per heavy atom. The van der Waals surface area contributed by atoms with Crippen LogP contribution in [0.2, 0.25) is 0 Å². The number of aryl methyl sites for hydroxylation is 1. The molecular formula is C15H28N4O3S. The molecule has 1 aliphatic rings. The Labute approximate surface area is 138 Å². The molecule has 0 unspecified atom stereocenters. The summed E-state index contributed by atoms with van der Waals surface area (Å²) in [5, 5.41) is 11.1. The van der Waals surface area contributed by atoms with Crippen molar-refractivity contribution in [1.29, 1.82) is 0 Å². The Morgan fingerprint density at radius 1 is 1.35 bits per heavy atom. The smallest absolute Gasteiger partial charge is 0.233 e. The van der Waals surface area contributed by atoms with Crippen molar-refractivity contribution in [3.8, 4) is 0 Å². The van der Waals surface area contributed by atoms with E-state index in [1.54, 1.807) is 25.1 Å². The second-order valence-electron chi connectivity index (χ2n) is 6.56. The van der Waals surface area contributed by atoms with Crippen molar-refractivity contribution >= 4 is 10.0 Å². The number of rotatable bonds is 6. The second kappa shape index (κ2) is 7.27. The number of nitrogens with zero attached hydrogens (tertiary/aromatic N) is 3. The van der Waals surface area contributed by atoms with Gasteiger partial charge in [-0.3, -0.25) is 0 Å². The molecule has 7 nitrogen and oxygen atoms in total. The molecule has 0 saturated carbocycles. The van der Waals surface area contributed by atoms with E-state index in [-0.39, 0.29) is 23.3 Å². The lowest BCUT2D eigenvalue weighted by Crippen LogP contribution is -2.52. The molecule has 0 radical (unpaired) electrons. The van der Waals surface area contributed by atoms with Gasteiger partial charge in [0, 0.05) is 26.1 Å². The van der Waals surface area contributed by atoms with E-state index in [9.17, 15) is 8.42 Å². The van der Waals surface area contributed by atoms with Crippen molar-refractivity contribution in [3.63, 3.8) is 0 Å². The van der Waals surface area contributed by atoms with Crippen molar-refractivity contribution in [1.82, 2.24) is 19.8 Å². The van der Waals surface area contributed by atoms with Gasteiger partial charge in [-0.1, -0.05) is 13.3 Å². The van der Waals surface area contributed by atoms with Crippen LogP contribution in [0.4, 0.5) is 0 Å². The predicted octanol–water partition coefficient (Wildman–Crippen LogP) is 1.87. The van der Waals surface area contributed by atoms with Gasteiger partial charge in [-0.05, 0) is 33.1 Å². The van der Waals surface area contributed by atoms with E-state index in [0.29, 0.717) is 24.9 Å². The molecule has 0 bridgehead atoms. The zero-order chi connectivity index (χ0) is 17.2. The van der Waals surface area contributed by atoms with E-state index in [1.165, 1.54) is 0 Å². The van der Waals surface area contributed by atoms with Crippen LogP contribution in [-0.4, -0.2) is 47.3 Å². The van der Waals surface area contributed by atoms with Crippen molar-refractivity contribution < 1.29 is 12.8 Å². The van der Waals surface area contributed by atoms with Crippen LogP contribution in [0.5, 0.6) is 0 Å². The van der Waals surface area contributed by atoms with Crippen LogP contribution >= 0.6 is 0 Å². The fourth-order valence-electron chi connectivity index (χ4n) is 3.04. The predicted molar refractivity (Wildman–Crippen MR) is 88.4 cm³/mol. The SMILES string of the molecule is CC[C@@H]1CN(S(=O)(=O)C(C)C)CC[C@H]1N[C@@H](C)c1nnc(C)o1. The summed E-state index contributed by atoms with van der Waals surface area (Å²) in [6.45, 7) is 10.5. The number of sulfonamides is 1. The summed E-state index contributed by atoms with van der Waals surface area (Å²) >= 11 is 0. The third kappa shape index (κ3) is 4.10. The molecule has 0 amide bonds. The van der Waals surface area contributed by atoms with Gasteiger partial charge in [0.1, 0.15) is 0 Å². The topological polar surface area (TPSA) is 88.3 Å². The first kappa shape index (κ1) is 18.4. The van der Waals surface area contributed by atoms with Crippen LogP contribution in [0.3, 0.4) is 0 Å². The molecule has 1 aliphatic heterocycles. The molecule has 0 spiro atoms. The lowest BCUT2D eigenvalue weighted by atomic mass is 9.90. The van der Waals surface area contributed by atoms with Gasteiger partial charge in [0.05, 0.1) is 11.3 Å². The first-order chi connectivity index (χ1) is 10.8. The van der Waals surface area contributed by atoms with Gasteiger partial charge >= 0.3 is 0 Å². The average molecular weight is 344 g/mol. The minimum absolute atomic E-state index is 0.0384. The summed E-state index contributed by atoms with van der Waals surface area (Å²) in [6, 6.07) is 0.212. The Kier molecular flexibility index (Phi) is 5.80. The zero-order valence-corrected chi connectivity index (χ0v) is 15.4. The van der Waals surface area contributed by atoms with E-state index in [2.05, 4.69) is 22.4 Å². The molecule has 8 heteroatoms. The summed E-state index contributed by atoms with van der Waals surface area (Å²) in [4.78, 5) is 0. The Hall–Kier alpha value is -0.990. The number of piperidine rings is 1. The average Bonchev–Trinajstić information content (AvgIpc) is 2.94. The van der Waals surface area contributed by atoms with Crippen LogP contribution in [0, 0.1) is 12.8 Å². The standard InChI is InChI=1S/C15H28N4O3S/c1-6-13-9-19(23(20,21)10(2)3)8-7-14(13)16-11(4)15-18-17-12(5)22-15/h10-11,13-14,16H,6-9H2,1-5H3/t11-,13+,14+/m0/s1. The summed E-state index contributed by atoms with van der Waals surface area (Å²) in [6.07, 6.45) is 1.72. The highest BCUT2D eigenvalue weighted by Gasteiger charge is 2.36. The van der Waals surface area contributed by atoms with Gasteiger partial charge in [0.2, 0.25) is 21.8 Å². The van der Waals surface area contributed by atoms with Gasteiger partial charge in [-0.25, -0.2) is 12.7 Å². The Bertz CT molecular complexity index is 614. The fourth-order valence-corrected chi connectivity index (χ4v) is 4.40. The van der Waals surface area contributed by atoms with Crippen LogP contribution in [0.1, 0.15) is 58.4 Å². The Morgan fingerprint density at radius 2 is 2.04 bits per heavy atom.